The van der Waals surface area contributed by atoms with E-state index in [4.69, 9.17) is 9.73 Å². The minimum atomic E-state index is -0.337. The minimum Gasteiger partial charge on any atom is -0.350 e. The Kier molecular flexibility index (Phi) is 1.78. The van der Waals surface area contributed by atoms with E-state index in [-0.39, 0.29) is 14.5 Å². The van der Waals surface area contributed by atoms with E-state index in [1.54, 1.807) is 0 Å². The van der Waals surface area contributed by atoms with E-state index >= 15 is 0 Å². The van der Waals surface area contributed by atoms with Crippen molar-refractivity contribution in [3.63, 3.8) is 0 Å². The average molecular weight is 135 g/mol. The molecule has 1 rings (SSSR count). The Balaban J connectivity index is 2.39. The van der Waals surface area contributed by atoms with Crippen molar-refractivity contribution in [3.8, 4) is 0 Å². The summed E-state index contributed by atoms with van der Waals surface area (Å²) < 4.78 is 4.73. The zero-order valence-corrected chi connectivity index (χ0v) is 5.13. The quantitative estimate of drug-likeness (QED) is 0.387. The number of amides is 1. The summed E-state index contributed by atoms with van der Waals surface area (Å²) in [6, 6.07) is 0. The minimum absolute atomic E-state index is 0.207. The molecule has 0 aromatic heterocycles. The Hall–Kier alpha value is -0.180. The first-order valence-corrected chi connectivity index (χ1v) is 3.10. The van der Waals surface area contributed by atoms with Gasteiger partial charge in [0.05, 0.1) is 13.2 Å². The van der Waals surface area contributed by atoms with Crippen LogP contribution in [0, 0.1) is 0 Å². The molecule has 1 heterocycles. The van der Waals surface area contributed by atoms with Crippen molar-refractivity contribution in [1.29, 1.82) is 0 Å². The molecule has 46 valence electrons. The molecule has 0 spiro atoms. The van der Waals surface area contributed by atoms with E-state index in [0.717, 1.165) is 0 Å². The van der Waals surface area contributed by atoms with Crippen molar-refractivity contribution < 1.29 is 14.5 Å². The second-order valence-electron chi connectivity index (χ2n) is 1.38. The summed E-state index contributed by atoms with van der Waals surface area (Å²) in [6.45, 7) is 0.743. The number of rotatable bonds is 0. The van der Waals surface area contributed by atoms with Gasteiger partial charge in [0, 0.05) is 0 Å². The summed E-state index contributed by atoms with van der Waals surface area (Å²) >= 11 is 0. The molecule has 1 unspecified atom stereocenters. The summed E-state index contributed by atoms with van der Waals surface area (Å²) in [5.41, 5.74) is -0.337. The molecule has 5 heteroatoms. The van der Waals surface area contributed by atoms with Gasteiger partial charge in [0.1, 0.15) is 8.81 Å². The SMILES string of the molecule is O=C1POCCN1O. The third kappa shape index (κ3) is 1.15. The van der Waals surface area contributed by atoms with Crippen LogP contribution in [-0.2, 0) is 4.52 Å². The fourth-order valence-electron chi connectivity index (χ4n) is 0.399. The lowest BCUT2D eigenvalue weighted by Gasteiger charge is -2.18. The van der Waals surface area contributed by atoms with E-state index < -0.39 is 0 Å². The van der Waals surface area contributed by atoms with Gasteiger partial charge < -0.3 is 4.52 Å². The molecule has 0 radical (unpaired) electrons. The van der Waals surface area contributed by atoms with Crippen LogP contribution in [0.1, 0.15) is 0 Å². The molecule has 1 aliphatic rings. The van der Waals surface area contributed by atoms with E-state index in [0.29, 0.717) is 18.2 Å². The Morgan fingerprint density at radius 3 is 3.00 bits per heavy atom. The molecule has 1 atom stereocenters. The second-order valence-corrected chi connectivity index (χ2v) is 2.30. The van der Waals surface area contributed by atoms with Crippen LogP contribution in [0.5, 0.6) is 0 Å². The molecule has 1 aliphatic heterocycles. The van der Waals surface area contributed by atoms with Crippen molar-refractivity contribution in [3.05, 3.63) is 0 Å². The highest BCUT2D eigenvalue weighted by atomic mass is 31.1. The van der Waals surface area contributed by atoms with Gasteiger partial charge in [-0.25, -0.2) is 5.06 Å². The van der Waals surface area contributed by atoms with Crippen LogP contribution in [-0.4, -0.2) is 29.1 Å². The molecule has 0 aliphatic carbocycles. The highest BCUT2D eigenvalue weighted by Gasteiger charge is 2.15. The standard InChI is InChI=1S/C3H6NO3P/c5-3-4(6)1-2-7-8-3/h6,8H,1-2H2. The summed E-state index contributed by atoms with van der Waals surface area (Å²) in [7, 11) is -0.207. The average Bonchev–Trinajstić information content (AvgIpc) is 1.77. The van der Waals surface area contributed by atoms with Gasteiger partial charge in [-0.3, -0.25) is 10.0 Å². The Bertz CT molecular complexity index is 107. The molecule has 0 aromatic rings. The normalized spacial score (nSPS) is 24.6. The monoisotopic (exact) mass is 135 g/mol. The van der Waals surface area contributed by atoms with Crippen LogP contribution < -0.4 is 0 Å². The van der Waals surface area contributed by atoms with Crippen molar-refractivity contribution in [2.45, 2.75) is 0 Å². The second kappa shape index (κ2) is 2.40. The predicted molar refractivity (Wildman–Crippen MR) is 28.2 cm³/mol. The third-order valence-electron chi connectivity index (χ3n) is 0.799. The number of nitrogens with zero attached hydrogens (tertiary/aromatic N) is 1. The highest BCUT2D eigenvalue weighted by Crippen LogP contribution is 2.20. The maximum Gasteiger partial charge on any atom is 0.291 e. The van der Waals surface area contributed by atoms with E-state index in [1.165, 1.54) is 0 Å². The van der Waals surface area contributed by atoms with Crippen molar-refractivity contribution in [2.75, 3.05) is 13.2 Å². The fourth-order valence-corrected chi connectivity index (χ4v) is 0.933. The number of hydrogen-bond acceptors (Lipinski definition) is 3. The molecule has 1 fully saturated rings. The van der Waals surface area contributed by atoms with Gasteiger partial charge in [0.25, 0.3) is 5.65 Å². The summed E-state index contributed by atoms with van der Waals surface area (Å²) in [6.07, 6.45) is 0. The van der Waals surface area contributed by atoms with E-state index in [2.05, 4.69) is 0 Å². The number of hydroxylamine groups is 2. The van der Waals surface area contributed by atoms with Gasteiger partial charge in [-0.1, -0.05) is 0 Å². The van der Waals surface area contributed by atoms with Gasteiger partial charge in [-0.05, 0) is 0 Å². The van der Waals surface area contributed by atoms with Crippen LogP contribution in [0.15, 0.2) is 0 Å². The van der Waals surface area contributed by atoms with E-state index in [9.17, 15) is 4.79 Å². The first-order valence-electron chi connectivity index (χ1n) is 2.19. The first kappa shape index (κ1) is 5.95. The van der Waals surface area contributed by atoms with Gasteiger partial charge in [-0.15, -0.1) is 0 Å². The van der Waals surface area contributed by atoms with Gasteiger partial charge in [0.15, 0.2) is 0 Å². The number of carbonyl (C=O) groups is 1. The largest absolute Gasteiger partial charge is 0.350 e. The molecule has 0 bridgehead atoms. The smallest absolute Gasteiger partial charge is 0.291 e. The van der Waals surface area contributed by atoms with Crippen LogP contribution in [0.3, 0.4) is 0 Å². The number of carbonyl (C=O) groups excluding carboxylic acids is 1. The first-order chi connectivity index (χ1) is 3.80. The summed E-state index contributed by atoms with van der Waals surface area (Å²) in [5.74, 6) is 0. The van der Waals surface area contributed by atoms with Crippen LogP contribution in [0.4, 0.5) is 4.79 Å². The molecular formula is C3H6NO3P. The van der Waals surface area contributed by atoms with Crippen molar-refractivity contribution in [1.82, 2.24) is 5.06 Å². The Labute approximate surface area is 48.2 Å². The van der Waals surface area contributed by atoms with Crippen molar-refractivity contribution in [2.24, 2.45) is 0 Å². The highest BCUT2D eigenvalue weighted by molar-refractivity contribution is 7.53. The molecule has 8 heavy (non-hydrogen) atoms. The molecule has 1 N–H and O–H groups in total. The van der Waals surface area contributed by atoms with Gasteiger partial charge >= 0.3 is 0 Å². The van der Waals surface area contributed by atoms with Crippen LogP contribution >= 0.6 is 8.81 Å². The maximum absolute atomic E-state index is 10.4. The van der Waals surface area contributed by atoms with E-state index in [1.807, 2.05) is 0 Å². The zero-order valence-electron chi connectivity index (χ0n) is 4.13. The predicted octanol–water partition coefficient (Wildman–Crippen LogP) is 0.421. The Morgan fingerprint density at radius 2 is 2.62 bits per heavy atom. The Morgan fingerprint density at radius 1 is 1.88 bits per heavy atom. The molecule has 0 saturated carbocycles. The summed E-state index contributed by atoms with van der Waals surface area (Å²) in [4.78, 5) is 10.4. The van der Waals surface area contributed by atoms with Gasteiger partial charge in [0.2, 0.25) is 0 Å². The fraction of sp³-hybridized carbons (Fsp3) is 0.667. The van der Waals surface area contributed by atoms with Crippen LogP contribution in [0.25, 0.3) is 0 Å². The number of hydrogen-bond donors (Lipinski definition) is 1. The molecular weight excluding hydrogens is 129 g/mol. The molecule has 0 aromatic carbocycles. The lowest BCUT2D eigenvalue weighted by molar-refractivity contribution is -0.0453. The van der Waals surface area contributed by atoms with Crippen molar-refractivity contribution >= 4 is 14.5 Å². The topological polar surface area (TPSA) is 49.8 Å². The molecule has 1 saturated heterocycles. The molecule has 4 nitrogen and oxygen atoms in total. The zero-order chi connectivity index (χ0) is 5.98. The third-order valence-corrected chi connectivity index (χ3v) is 1.58. The summed E-state index contributed by atoms with van der Waals surface area (Å²) in [5, 5.41) is 9.27. The molecule has 1 amide bonds. The lowest BCUT2D eigenvalue weighted by atomic mass is 10.7. The lowest BCUT2D eigenvalue weighted by Crippen LogP contribution is -2.30. The maximum atomic E-state index is 10.4. The van der Waals surface area contributed by atoms with Crippen LogP contribution in [0.2, 0.25) is 0 Å². The van der Waals surface area contributed by atoms with Gasteiger partial charge in [-0.2, -0.15) is 0 Å².